The number of benzene rings is 3. The minimum atomic E-state index is -0.413. The van der Waals surface area contributed by atoms with Crippen molar-refractivity contribution in [2.75, 3.05) is 19.0 Å². The van der Waals surface area contributed by atoms with Gasteiger partial charge in [-0.3, -0.25) is 15.1 Å². The van der Waals surface area contributed by atoms with Gasteiger partial charge in [-0.2, -0.15) is 0 Å². The van der Waals surface area contributed by atoms with Crippen LogP contribution in [0, 0.1) is 10.1 Å². The van der Waals surface area contributed by atoms with Crippen LogP contribution in [0.4, 0.5) is 17.1 Å². The summed E-state index contributed by atoms with van der Waals surface area (Å²) in [7, 11) is 3.99. The maximum absolute atomic E-state index is 10.8. The normalized spacial score (nSPS) is 11.5. The van der Waals surface area contributed by atoms with Crippen LogP contribution in [0.15, 0.2) is 82.2 Å². The number of rotatable bonds is 6. The molecule has 0 fully saturated rings. The highest BCUT2D eigenvalue weighted by Crippen LogP contribution is 2.28. The van der Waals surface area contributed by atoms with E-state index in [-0.39, 0.29) is 5.69 Å². The molecule has 1 aromatic heterocycles. The van der Waals surface area contributed by atoms with E-state index in [4.69, 9.17) is 4.42 Å². The maximum atomic E-state index is 10.8. The molecule has 7 nitrogen and oxygen atoms in total. The van der Waals surface area contributed by atoms with Gasteiger partial charge in [0.1, 0.15) is 5.52 Å². The molecule has 0 aliphatic rings. The summed E-state index contributed by atoms with van der Waals surface area (Å²) < 4.78 is 5.88. The Balaban J connectivity index is 1.50. The summed E-state index contributed by atoms with van der Waals surface area (Å²) >= 11 is 0. The standard InChI is InChI=1S/C24H20N4O3/c1-27(2)20-11-8-18(9-12-20)24-26-22-16-19(10-13-23(22)31-24)25-14-4-6-17-5-3-7-21(15-17)28(29)30/h3-16H,1-2H3. The van der Waals surface area contributed by atoms with Crippen LogP contribution in [0.5, 0.6) is 0 Å². The number of hydrogen-bond acceptors (Lipinski definition) is 6. The second-order valence-electron chi connectivity index (χ2n) is 7.10. The van der Waals surface area contributed by atoms with Gasteiger partial charge in [-0.1, -0.05) is 18.2 Å². The number of nitrogens with zero attached hydrogens (tertiary/aromatic N) is 4. The van der Waals surface area contributed by atoms with E-state index in [1.165, 1.54) is 12.1 Å². The number of anilines is 1. The van der Waals surface area contributed by atoms with Crippen molar-refractivity contribution in [1.82, 2.24) is 4.98 Å². The topological polar surface area (TPSA) is 84.8 Å². The highest BCUT2D eigenvalue weighted by atomic mass is 16.6. The van der Waals surface area contributed by atoms with E-state index in [2.05, 4.69) is 9.98 Å². The van der Waals surface area contributed by atoms with Gasteiger partial charge < -0.3 is 9.32 Å². The molecule has 0 radical (unpaired) electrons. The Bertz CT molecular complexity index is 1290. The fourth-order valence-corrected chi connectivity index (χ4v) is 3.05. The van der Waals surface area contributed by atoms with Crippen molar-refractivity contribution in [2.45, 2.75) is 0 Å². The summed E-state index contributed by atoms with van der Waals surface area (Å²) in [4.78, 5) is 21.5. The number of nitro groups is 1. The van der Waals surface area contributed by atoms with Crippen molar-refractivity contribution in [2.24, 2.45) is 4.99 Å². The van der Waals surface area contributed by atoms with Crippen LogP contribution in [0.1, 0.15) is 5.56 Å². The van der Waals surface area contributed by atoms with Gasteiger partial charge in [0.05, 0.1) is 10.6 Å². The third-order valence-corrected chi connectivity index (χ3v) is 4.68. The summed E-state index contributed by atoms with van der Waals surface area (Å²) in [6.45, 7) is 0. The summed E-state index contributed by atoms with van der Waals surface area (Å²) in [6, 6.07) is 20.0. The van der Waals surface area contributed by atoms with Crippen molar-refractivity contribution in [3.05, 3.63) is 88.5 Å². The van der Waals surface area contributed by atoms with Crippen molar-refractivity contribution in [3.8, 4) is 11.5 Å². The van der Waals surface area contributed by atoms with Crippen LogP contribution in [0.3, 0.4) is 0 Å². The van der Waals surface area contributed by atoms with Gasteiger partial charge in [-0.15, -0.1) is 0 Å². The Morgan fingerprint density at radius 2 is 1.87 bits per heavy atom. The summed E-state index contributed by atoms with van der Waals surface area (Å²) in [5.41, 5.74) is 4.96. The van der Waals surface area contributed by atoms with Crippen LogP contribution < -0.4 is 4.90 Å². The van der Waals surface area contributed by atoms with Gasteiger partial charge in [0, 0.05) is 43.7 Å². The largest absolute Gasteiger partial charge is 0.436 e. The third-order valence-electron chi connectivity index (χ3n) is 4.68. The minimum Gasteiger partial charge on any atom is -0.436 e. The Morgan fingerprint density at radius 1 is 1.06 bits per heavy atom. The van der Waals surface area contributed by atoms with Gasteiger partial charge in [-0.05, 0) is 54.1 Å². The Labute approximate surface area is 179 Å². The van der Waals surface area contributed by atoms with E-state index < -0.39 is 4.92 Å². The highest BCUT2D eigenvalue weighted by molar-refractivity contribution is 5.84. The molecule has 0 N–H and O–H groups in total. The molecule has 0 aliphatic carbocycles. The monoisotopic (exact) mass is 412 g/mol. The fourth-order valence-electron chi connectivity index (χ4n) is 3.05. The molecule has 154 valence electrons. The van der Waals surface area contributed by atoms with E-state index in [1.807, 2.05) is 61.5 Å². The first-order valence-corrected chi connectivity index (χ1v) is 9.63. The number of oxazole rings is 1. The number of aliphatic imine (C=N–C) groups is 1. The maximum Gasteiger partial charge on any atom is 0.270 e. The molecule has 7 heteroatoms. The van der Waals surface area contributed by atoms with Crippen LogP contribution in [0.25, 0.3) is 28.6 Å². The molecular weight excluding hydrogens is 392 g/mol. The second-order valence-corrected chi connectivity index (χ2v) is 7.10. The quantitative estimate of drug-likeness (QED) is 0.224. The molecule has 4 rings (SSSR count). The van der Waals surface area contributed by atoms with Gasteiger partial charge in [-0.25, -0.2) is 4.98 Å². The predicted octanol–water partition coefficient (Wildman–Crippen LogP) is 5.88. The molecule has 0 atom stereocenters. The zero-order valence-electron chi connectivity index (χ0n) is 17.1. The number of nitro benzene ring substituents is 1. The number of non-ortho nitro benzene ring substituents is 1. The van der Waals surface area contributed by atoms with Crippen LogP contribution >= 0.6 is 0 Å². The van der Waals surface area contributed by atoms with Crippen LogP contribution in [-0.2, 0) is 0 Å². The summed E-state index contributed by atoms with van der Waals surface area (Å²) in [5, 5.41) is 10.8. The van der Waals surface area contributed by atoms with Crippen molar-refractivity contribution < 1.29 is 9.34 Å². The third kappa shape index (κ3) is 4.67. The molecule has 0 bridgehead atoms. The number of fused-ring (bicyclic) bond motifs is 1. The van der Waals surface area contributed by atoms with Gasteiger partial charge >= 0.3 is 0 Å². The molecular formula is C24H20N4O3. The minimum absolute atomic E-state index is 0.0581. The van der Waals surface area contributed by atoms with Gasteiger partial charge in [0.15, 0.2) is 5.58 Å². The number of hydrogen-bond donors (Lipinski definition) is 0. The van der Waals surface area contributed by atoms with Crippen molar-refractivity contribution >= 4 is 40.5 Å². The van der Waals surface area contributed by atoms with Crippen molar-refractivity contribution in [3.63, 3.8) is 0 Å². The Morgan fingerprint density at radius 3 is 2.61 bits per heavy atom. The smallest absolute Gasteiger partial charge is 0.270 e. The molecule has 0 saturated carbocycles. The predicted molar refractivity (Wildman–Crippen MR) is 124 cm³/mol. The first-order valence-electron chi connectivity index (χ1n) is 9.63. The lowest BCUT2D eigenvalue weighted by Crippen LogP contribution is -2.07. The lowest BCUT2D eigenvalue weighted by molar-refractivity contribution is -0.384. The zero-order chi connectivity index (χ0) is 21.8. The number of allylic oxidation sites excluding steroid dienone is 1. The lowest BCUT2D eigenvalue weighted by Gasteiger charge is -2.11. The number of aromatic nitrogens is 1. The SMILES string of the molecule is CN(C)c1ccc(-c2nc3cc(N=CC=Cc4cccc([N+](=O)[O-])c4)ccc3o2)cc1. The first kappa shape index (κ1) is 20.0. The summed E-state index contributed by atoms with van der Waals surface area (Å²) in [6.07, 6.45) is 5.14. The Kier molecular flexibility index (Phi) is 5.57. The molecule has 0 aliphatic heterocycles. The average molecular weight is 412 g/mol. The Hall–Kier alpha value is -4.26. The highest BCUT2D eigenvalue weighted by Gasteiger charge is 2.09. The van der Waals surface area contributed by atoms with E-state index in [1.54, 1.807) is 30.5 Å². The van der Waals surface area contributed by atoms with Gasteiger partial charge in [0.2, 0.25) is 5.89 Å². The average Bonchev–Trinajstić information content (AvgIpc) is 3.20. The van der Waals surface area contributed by atoms with Crippen LogP contribution in [-0.4, -0.2) is 30.2 Å². The molecule has 0 spiro atoms. The summed E-state index contributed by atoms with van der Waals surface area (Å²) in [5.74, 6) is 0.562. The second kappa shape index (κ2) is 8.62. The van der Waals surface area contributed by atoms with Crippen LogP contribution in [0.2, 0.25) is 0 Å². The van der Waals surface area contributed by atoms with Gasteiger partial charge in [0.25, 0.3) is 5.69 Å². The molecule has 31 heavy (non-hydrogen) atoms. The molecule has 0 unspecified atom stereocenters. The fraction of sp³-hybridized carbons (Fsp3) is 0.0833. The molecule has 0 amide bonds. The van der Waals surface area contributed by atoms with Crippen molar-refractivity contribution in [1.29, 1.82) is 0 Å². The van der Waals surface area contributed by atoms with E-state index in [0.29, 0.717) is 11.5 Å². The van der Waals surface area contributed by atoms with E-state index >= 15 is 0 Å². The molecule has 0 saturated heterocycles. The van der Waals surface area contributed by atoms with E-state index in [9.17, 15) is 10.1 Å². The van der Waals surface area contributed by atoms with E-state index in [0.717, 1.165) is 28.0 Å². The molecule has 1 heterocycles. The lowest BCUT2D eigenvalue weighted by atomic mass is 10.2. The zero-order valence-corrected chi connectivity index (χ0v) is 17.1. The molecule has 4 aromatic rings. The molecule has 3 aromatic carbocycles. The first-order chi connectivity index (χ1) is 15.0.